The van der Waals surface area contributed by atoms with Crippen molar-refractivity contribution in [3.63, 3.8) is 0 Å². The zero-order valence-corrected chi connectivity index (χ0v) is 17.4. The maximum Gasteiger partial charge on any atom is 0.271 e. The van der Waals surface area contributed by atoms with Crippen molar-refractivity contribution in [2.75, 3.05) is 19.0 Å². The van der Waals surface area contributed by atoms with E-state index in [1.165, 1.54) is 0 Å². The monoisotopic (exact) mass is 377 g/mol. The number of carbonyl (C=O) groups is 2. The Labute approximate surface area is 166 Å². The van der Waals surface area contributed by atoms with Crippen LogP contribution in [-0.2, 0) is 6.42 Å². The van der Waals surface area contributed by atoms with Crippen molar-refractivity contribution < 1.29 is 9.59 Å². The number of hydrogen-bond acceptors (Lipinski definition) is 4. The van der Waals surface area contributed by atoms with Gasteiger partial charge in [0.15, 0.2) is 0 Å². The molecule has 28 heavy (non-hydrogen) atoms. The number of hydrazone groups is 1. The summed E-state index contributed by atoms with van der Waals surface area (Å²) in [5.41, 5.74) is 7.90. The minimum atomic E-state index is -0.452. The minimum absolute atomic E-state index is 0.105. The molecule has 146 valence electrons. The van der Waals surface area contributed by atoms with E-state index in [4.69, 9.17) is 0 Å². The number of nitrogens with zero attached hydrogens (tertiary/aromatic N) is 2. The lowest BCUT2D eigenvalue weighted by Gasteiger charge is -2.32. The van der Waals surface area contributed by atoms with Gasteiger partial charge in [-0.15, -0.1) is 0 Å². The molecule has 0 atom stereocenters. The summed E-state index contributed by atoms with van der Waals surface area (Å²) in [6.45, 7) is 7.96. The highest BCUT2D eigenvalue weighted by atomic mass is 16.2. The number of fused-ring (bicyclic) bond motifs is 1. The molecule has 5 nitrogen and oxygen atoms in total. The Kier molecular flexibility index (Phi) is 5.11. The van der Waals surface area contributed by atoms with Gasteiger partial charge in [0.1, 0.15) is 5.71 Å². The number of ketones is 1. The fourth-order valence-corrected chi connectivity index (χ4v) is 3.79. The summed E-state index contributed by atoms with van der Waals surface area (Å²) >= 11 is 0. The molecule has 0 fully saturated rings. The lowest BCUT2D eigenvalue weighted by Crippen LogP contribution is -2.41. The smallest absolute Gasteiger partial charge is 0.271 e. The van der Waals surface area contributed by atoms with E-state index in [2.05, 4.69) is 16.6 Å². The average Bonchev–Trinajstić information content (AvgIpc) is 2.59. The van der Waals surface area contributed by atoms with Gasteiger partial charge in [-0.2, -0.15) is 5.10 Å². The normalized spacial score (nSPS) is 16.6. The summed E-state index contributed by atoms with van der Waals surface area (Å²) in [5.74, 6) is -0.431. The van der Waals surface area contributed by atoms with Crippen molar-refractivity contribution in [3.8, 4) is 0 Å². The molecule has 0 spiro atoms. The van der Waals surface area contributed by atoms with Crippen molar-refractivity contribution in [1.29, 1.82) is 0 Å². The van der Waals surface area contributed by atoms with E-state index >= 15 is 0 Å². The van der Waals surface area contributed by atoms with Crippen LogP contribution in [0.4, 0.5) is 5.69 Å². The molecule has 1 aliphatic rings. The SMILES string of the molecule is Cc1cc(C)c2c(c1)CC(C)(C)/C(=N/NC(=O)c1ccc(N(C)C)cc1)C2=O. The van der Waals surface area contributed by atoms with Crippen LogP contribution >= 0.6 is 0 Å². The molecular weight excluding hydrogens is 350 g/mol. The molecule has 0 saturated carbocycles. The van der Waals surface area contributed by atoms with Gasteiger partial charge in [0, 0.05) is 36.3 Å². The van der Waals surface area contributed by atoms with Gasteiger partial charge < -0.3 is 4.90 Å². The van der Waals surface area contributed by atoms with Crippen LogP contribution in [0.1, 0.15) is 51.3 Å². The molecule has 2 aromatic carbocycles. The van der Waals surface area contributed by atoms with Crippen molar-refractivity contribution >= 4 is 23.1 Å². The van der Waals surface area contributed by atoms with Crippen LogP contribution in [0.25, 0.3) is 0 Å². The van der Waals surface area contributed by atoms with Crippen molar-refractivity contribution in [3.05, 3.63) is 64.2 Å². The Morgan fingerprint density at radius 3 is 2.36 bits per heavy atom. The van der Waals surface area contributed by atoms with Crippen LogP contribution in [0.2, 0.25) is 0 Å². The van der Waals surface area contributed by atoms with Crippen LogP contribution in [0.15, 0.2) is 41.5 Å². The number of Topliss-reactive ketones (excluding diaryl/α,β-unsaturated/α-hetero) is 1. The molecule has 3 rings (SSSR count). The third kappa shape index (κ3) is 3.70. The first kappa shape index (κ1) is 19.8. The van der Waals surface area contributed by atoms with E-state index in [0.717, 1.165) is 22.4 Å². The van der Waals surface area contributed by atoms with Gasteiger partial charge in [0.2, 0.25) is 5.78 Å². The first-order valence-corrected chi connectivity index (χ1v) is 9.41. The average molecular weight is 377 g/mol. The highest BCUT2D eigenvalue weighted by Crippen LogP contribution is 2.35. The number of carbonyl (C=O) groups excluding carboxylic acids is 2. The summed E-state index contributed by atoms with van der Waals surface area (Å²) in [5, 5.41) is 4.27. The lowest BCUT2D eigenvalue weighted by molar-refractivity contribution is 0.0954. The molecule has 0 saturated heterocycles. The third-order valence-corrected chi connectivity index (χ3v) is 5.19. The van der Waals surface area contributed by atoms with E-state index in [9.17, 15) is 9.59 Å². The zero-order chi connectivity index (χ0) is 20.6. The van der Waals surface area contributed by atoms with Crippen LogP contribution in [0.5, 0.6) is 0 Å². The Bertz CT molecular complexity index is 970. The lowest BCUT2D eigenvalue weighted by atomic mass is 9.71. The molecule has 0 aromatic heterocycles. The molecular formula is C23H27N3O2. The topological polar surface area (TPSA) is 61.8 Å². The second-order valence-corrected chi connectivity index (χ2v) is 8.35. The Balaban J connectivity index is 1.88. The fraction of sp³-hybridized carbons (Fsp3) is 0.348. The van der Waals surface area contributed by atoms with E-state index < -0.39 is 5.41 Å². The maximum atomic E-state index is 13.1. The predicted octanol–water partition coefficient (Wildman–Crippen LogP) is 3.92. The van der Waals surface area contributed by atoms with Crippen LogP contribution in [0, 0.1) is 19.3 Å². The maximum absolute atomic E-state index is 13.1. The quantitative estimate of drug-likeness (QED) is 0.825. The van der Waals surface area contributed by atoms with Gasteiger partial charge in [0.25, 0.3) is 5.91 Å². The van der Waals surface area contributed by atoms with Crippen LogP contribution in [0.3, 0.4) is 0 Å². The van der Waals surface area contributed by atoms with E-state index in [1.54, 1.807) is 12.1 Å². The van der Waals surface area contributed by atoms with Gasteiger partial charge in [-0.05, 0) is 55.7 Å². The number of benzene rings is 2. The second-order valence-electron chi connectivity index (χ2n) is 8.35. The summed E-state index contributed by atoms with van der Waals surface area (Å²) in [6.07, 6.45) is 0.711. The second kappa shape index (κ2) is 7.23. The standard InChI is InChI=1S/C23H27N3O2/c1-14-11-15(2)19-17(12-14)13-23(3,4)21(20(19)27)24-25-22(28)16-7-9-18(10-8-16)26(5)6/h7-12H,13H2,1-6H3,(H,25,28)/b24-21+. The first-order chi connectivity index (χ1) is 13.1. The molecule has 2 aromatic rings. The number of nitrogens with one attached hydrogen (secondary N) is 1. The fourth-order valence-electron chi connectivity index (χ4n) is 3.79. The van der Waals surface area contributed by atoms with Crippen molar-refractivity contribution in [2.24, 2.45) is 10.5 Å². The summed E-state index contributed by atoms with van der Waals surface area (Å²) in [4.78, 5) is 27.6. The Morgan fingerprint density at radius 1 is 1.11 bits per heavy atom. The van der Waals surface area contributed by atoms with Gasteiger partial charge in [-0.3, -0.25) is 9.59 Å². The van der Waals surface area contributed by atoms with Gasteiger partial charge in [-0.25, -0.2) is 5.43 Å². The highest BCUT2D eigenvalue weighted by molar-refractivity contribution is 6.49. The minimum Gasteiger partial charge on any atom is -0.378 e. The number of hydrogen-bond donors (Lipinski definition) is 1. The van der Waals surface area contributed by atoms with Crippen LogP contribution < -0.4 is 10.3 Å². The summed E-state index contributed by atoms with van der Waals surface area (Å²) in [6, 6.07) is 11.3. The van der Waals surface area contributed by atoms with Gasteiger partial charge in [0.05, 0.1) is 0 Å². The molecule has 1 aliphatic carbocycles. The molecule has 0 radical (unpaired) electrons. The number of aryl methyl sites for hydroxylation is 2. The van der Waals surface area contributed by atoms with Crippen molar-refractivity contribution in [2.45, 2.75) is 34.1 Å². The Morgan fingerprint density at radius 2 is 1.75 bits per heavy atom. The molecule has 0 heterocycles. The largest absolute Gasteiger partial charge is 0.378 e. The van der Waals surface area contributed by atoms with E-state index in [1.807, 2.05) is 64.9 Å². The van der Waals surface area contributed by atoms with Gasteiger partial charge >= 0.3 is 0 Å². The van der Waals surface area contributed by atoms with Crippen LogP contribution in [-0.4, -0.2) is 31.5 Å². The van der Waals surface area contributed by atoms with Crippen molar-refractivity contribution in [1.82, 2.24) is 5.43 Å². The Hall–Kier alpha value is -2.95. The summed E-state index contributed by atoms with van der Waals surface area (Å²) in [7, 11) is 3.89. The van der Waals surface area contributed by atoms with E-state index in [-0.39, 0.29) is 11.7 Å². The number of amides is 1. The molecule has 0 unspecified atom stereocenters. The third-order valence-electron chi connectivity index (χ3n) is 5.19. The van der Waals surface area contributed by atoms with E-state index in [0.29, 0.717) is 23.3 Å². The zero-order valence-electron chi connectivity index (χ0n) is 17.4. The molecule has 0 aliphatic heterocycles. The molecule has 1 amide bonds. The first-order valence-electron chi connectivity index (χ1n) is 9.41. The number of rotatable bonds is 3. The number of anilines is 1. The summed E-state index contributed by atoms with van der Waals surface area (Å²) < 4.78 is 0. The molecule has 5 heteroatoms. The highest BCUT2D eigenvalue weighted by Gasteiger charge is 2.39. The van der Waals surface area contributed by atoms with Gasteiger partial charge in [-0.1, -0.05) is 31.5 Å². The molecule has 0 bridgehead atoms. The predicted molar refractivity (Wildman–Crippen MR) is 113 cm³/mol. The molecule has 1 N–H and O–H groups in total.